The number of ether oxygens (including phenoxy) is 1. The molecule has 1 aromatic rings. The highest BCUT2D eigenvalue weighted by Gasteiger charge is 2.27. The zero-order chi connectivity index (χ0) is 14.9. The molecule has 0 saturated carbocycles. The number of amides is 1. The molecule has 0 aromatic heterocycles. The molecule has 0 N–H and O–H groups in total. The molecular formula is C13H18N2O4S. The minimum absolute atomic E-state index is 0.149. The number of carbonyl (C=O) groups is 1. The first-order chi connectivity index (χ1) is 9.34. The smallest absolute Gasteiger partial charge is 0.255 e. The van der Waals surface area contributed by atoms with Gasteiger partial charge < -0.3 is 9.64 Å². The number of hydrogen-bond donors (Lipinski definition) is 0. The van der Waals surface area contributed by atoms with Crippen LogP contribution in [0.15, 0.2) is 29.2 Å². The normalized spacial score (nSPS) is 19.6. The van der Waals surface area contributed by atoms with E-state index in [-0.39, 0.29) is 17.0 Å². The number of sulfonamides is 1. The second-order valence-electron chi connectivity index (χ2n) is 4.78. The predicted octanol–water partition coefficient (Wildman–Crippen LogP) is 0.755. The molecule has 110 valence electrons. The van der Waals surface area contributed by atoms with Crippen molar-refractivity contribution in [1.29, 1.82) is 0 Å². The molecule has 1 fully saturated rings. The van der Waals surface area contributed by atoms with Crippen LogP contribution < -0.4 is 0 Å². The van der Waals surface area contributed by atoms with E-state index in [9.17, 15) is 13.2 Å². The van der Waals surface area contributed by atoms with Gasteiger partial charge >= 0.3 is 0 Å². The summed E-state index contributed by atoms with van der Waals surface area (Å²) < 4.78 is 30.3. The van der Waals surface area contributed by atoms with Crippen molar-refractivity contribution in [2.45, 2.75) is 18.0 Å². The molecule has 1 atom stereocenters. The van der Waals surface area contributed by atoms with Crippen LogP contribution in [0.4, 0.5) is 0 Å². The monoisotopic (exact) mass is 298 g/mol. The maximum atomic E-state index is 12.2. The Morgan fingerprint density at radius 2 is 1.90 bits per heavy atom. The van der Waals surface area contributed by atoms with Crippen LogP contribution in [0.2, 0.25) is 0 Å². The van der Waals surface area contributed by atoms with Gasteiger partial charge in [0, 0.05) is 26.2 Å². The highest BCUT2D eigenvalue weighted by molar-refractivity contribution is 7.89. The summed E-state index contributed by atoms with van der Waals surface area (Å²) in [7, 11) is -0.526. The second-order valence-corrected chi connectivity index (χ2v) is 6.93. The van der Waals surface area contributed by atoms with Crippen molar-refractivity contribution in [2.24, 2.45) is 0 Å². The summed E-state index contributed by atoms with van der Waals surface area (Å²) in [6.07, 6.45) is -0.243. The average molecular weight is 298 g/mol. The maximum absolute atomic E-state index is 12.2. The van der Waals surface area contributed by atoms with Gasteiger partial charge in [0.15, 0.2) is 0 Å². The van der Waals surface area contributed by atoms with E-state index in [1.807, 2.05) is 6.92 Å². The molecule has 0 bridgehead atoms. The third-order valence-corrected chi connectivity index (χ3v) is 5.10. The van der Waals surface area contributed by atoms with E-state index in [4.69, 9.17) is 4.74 Å². The fourth-order valence-electron chi connectivity index (χ4n) is 2.01. The average Bonchev–Trinajstić information content (AvgIpc) is 2.84. The van der Waals surface area contributed by atoms with Crippen molar-refractivity contribution in [2.75, 3.05) is 27.2 Å². The van der Waals surface area contributed by atoms with Gasteiger partial charge in [0.25, 0.3) is 5.91 Å². The number of rotatable bonds is 3. The first-order valence-electron chi connectivity index (χ1n) is 6.29. The molecule has 1 unspecified atom stereocenters. The Kier molecular flexibility index (Phi) is 4.12. The van der Waals surface area contributed by atoms with Crippen LogP contribution in [0.3, 0.4) is 0 Å². The van der Waals surface area contributed by atoms with Crippen LogP contribution in [0.5, 0.6) is 0 Å². The van der Waals surface area contributed by atoms with E-state index in [1.54, 1.807) is 4.90 Å². The van der Waals surface area contributed by atoms with E-state index < -0.39 is 10.0 Å². The van der Waals surface area contributed by atoms with Gasteiger partial charge in [0.1, 0.15) is 6.23 Å². The summed E-state index contributed by atoms with van der Waals surface area (Å²) in [6, 6.07) is 5.96. The quantitative estimate of drug-likeness (QED) is 0.826. The molecule has 1 amide bonds. The van der Waals surface area contributed by atoms with Gasteiger partial charge in [-0.1, -0.05) is 0 Å². The van der Waals surface area contributed by atoms with Crippen molar-refractivity contribution in [1.82, 2.24) is 9.21 Å². The standard InChI is InChI=1S/C13H18N2O4S/c1-10-15(8-9-19-10)13(16)11-4-6-12(7-5-11)20(17,18)14(2)3/h4-7,10H,8-9H2,1-3H3. The van der Waals surface area contributed by atoms with Gasteiger partial charge in [0.2, 0.25) is 10.0 Å². The SMILES string of the molecule is CC1OCCN1C(=O)c1ccc(S(=O)(=O)N(C)C)cc1. The van der Waals surface area contributed by atoms with Crippen molar-refractivity contribution in [3.63, 3.8) is 0 Å². The maximum Gasteiger partial charge on any atom is 0.255 e. The number of nitrogens with zero attached hydrogens (tertiary/aromatic N) is 2. The van der Waals surface area contributed by atoms with Crippen molar-refractivity contribution >= 4 is 15.9 Å². The molecule has 7 heteroatoms. The molecule has 6 nitrogen and oxygen atoms in total. The van der Waals surface area contributed by atoms with E-state index in [2.05, 4.69) is 0 Å². The summed E-state index contributed by atoms with van der Waals surface area (Å²) in [5, 5.41) is 0. The highest BCUT2D eigenvalue weighted by Crippen LogP contribution is 2.17. The molecular weight excluding hydrogens is 280 g/mol. The first kappa shape index (κ1) is 15.0. The summed E-state index contributed by atoms with van der Waals surface area (Å²) in [5.74, 6) is -0.149. The number of benzene rings is 1. The molecule has 1 aromatic carbocycles. The lowest BCUT2D eigenvalue weighted by molar-refractivity contribution is 0.0378. The van der Waals surface area contributed by atoms with Crippen molar-refractivity contribution < 1.29 is 17.9 Å². The van der Waals surface area contributed by atoms with Crippen LogP contribution in [-0.2, 0) is 14.8 Å². The molecule has 0 spiro atoms. The Morgan fingerprint density at radius 3 is 2.35 bits per heavy atom. The Bertz CT molecular complexity index is 595. The van der Waals surface area contributed by atoms with Crippen LogP contribution in [0, 0.1) is 0 Å². The molecule has 1 saturated heterocycles. The molecule has 1 heterocycles. The molecule has 20 heavy (non-hydrogen) atoms. The fraction of sp³-hybridized carbons (Fsp3) is 0.462. The Balaban J connectivity index is 2.23. The summed E-state index contributed by atoms with van der Waals surface area (Å²) >= 11 is 0. The molecule has 0 aliphatic carbocycles. The number of hydrogen-bond acceptors (Lipinski definition) is 4. The minimum Gasteiger partial charge on any atom is -0.357 e. The molecule has 1 aliphatic rings. The lowest BCUT2D eigenvalue weighted by Gasteiger charge is -2.19. The van der Waals surface area contributed by atoms with E-state index in [0.29, 0.717) is 18.7 Å². The van der Waals surface area contributed by atoms with Gasteiger partial charge in [-0.2, -0.15) is 0 Å². The van der Waals surface area contributed by atoms with Crippen LogP contribution in [-0.4, -0.2) is 57.0 Å². The van der Waals surface area contributed by atoms with Crippen LogP contribution in [0.25, 0.3) is 0 Å². The van der Waals surface area contributed by atoms with Gasteiger partial charge in [-0.25, -0.2) is 12.7 Å². The first-order valence-corrected chi connectivity index (χ1v) is 7.73. The van der Waals surface area contributed by atoms with Crippen LogP contribution in [0.1, 0.15) is 17.3 Å². The van der Waals surface area contributed by atoms with Gasteiger partial charge in [-0.15, -0.1) is 0 Å². The number of carbonyl (C=O) groups excluding carboxylic acids is 1. The molecule has 0 radical (unpaired) electrons. The summed E-state index contributed by atoms with van der Waals surface area (Å²) in [4.78, 5) is 14.0. The van der Waals surface area contributed by atoms with E-state index in [1.165, 1.54) is 38.4 Å². The minimum atomic E-state index is -3.47. The fourth-order valence-corrected chi connectivity index (χ4v) is 2.91. The van der Waals surface area contributed by atoms with Crippen molar-refractivity contribution in [3.8, 4) is 0 Å². The molecule has 2 rings (SSSR count). The third kappa shape index (κ3) is 2.70. The lowest BCUT2D eigenvalue weighted by Crippen LogP contribution is -2.34. The van der Waals surface area contributed by atoms with E-state index >= 15 is 0 Å². The Morgan fingerprint density at radius 1 is 1.30 bits per heavy atom. The zero-order valence-electron chi connectivity index (χ0n) is 11.7. The van der Waals surface area contributed by atoms with Crippen LogP contribution >= 0.6 is 0 Å². The predicted molar refractivity (Wildman–Crippen MR) is 73.8 cm³/mol. The van der Waals surface area contributed by atoms with E-state index in [0.717, 1.165) is 4.31 Å². The van der Waals surface area contributed by atoms with Gasteiger partial charge in [-0.05, 0) is 31.2 Å². The zero-order valence-corrected chi connectivity index (χ0v) is 12.6. The van der Waals surface area contributed by atoms with Gasteiger partial charge in [0.05, 0.1) is 11.5 Å². The largest absolute Gasteiger partial charge is 0.357 e. The lowest BCUT2D eigenvalue weighted by atomic mass is 10.2. The molecule has 1 aliphatic heterocycles. The third-order valence-electron chi connectivity index (χ3n) is 3.27. The summed E-state index contributed by atoms with van der Waals surface area (Å²) in [6.45, 7) is 2.90. The summed E-state index contributed by atoms with van der Waals surface area (Å²) in [5.41, 5.74) is 0.458. The highest BCUT2D eigenvalue weighted by atomic mass is 32.2. The van der Waals surface area contributed by atoms with Gasteiger partial charge in [-0.3, -0.25) is 4.79 Å². The second kappa shape index (κ2) is 5.51. The topological polar surface area (TPSA) is 66.9 Å². The Labute approximate surface area is 119 Å². The van der Waals surface area contributed by atoms with Crippen molar-refractivity contribution in [3.05, 3.63) is 29.8 Å². The Hall–Kier alpha value is -1.44.